The van der Waals surface area contributed by atoms with E-state index in [-0.39, 0.29) is 5.75 Å². The summed E-state index contributed by atoms with van der Waals surface area (Å²) in [7, 11) is 0. The minimum Gasteiger partial charge on any atom is -0.369 e. The maximum Gasteiger partial charge on any atom is 0.227 e. The Kier molecular flexibility index (Phi) is 5.47. The molecule has 0 aliphatic carbocycles. The topological polar surface area (TPSA) is 79.8 Å². The average Bonchev–Trinajstić information content (AvgIpc) is 2.86. The monoisotopic (exact) mass is 321 g/mol. The summed E-state index contributed by atoms with van der Waals surface area (Å²) < 4.78 is 5.04. The van der Waals surface area contributed by atoms with Crippen LogP contribution in [-0.4, -0.2) is 16.0 Å². The number of nitrogens with two attached hydrogens (primary N) is 1. The molecular formula is C13H11N3OS3. The van der Waals surface area contributed by atoms with Gasteiger partial charge in [0.15, 0.2) is 0 Å². The van der Waals surface area contributed by atoms with Crippen LogP contribution in [0.25, 0.3) is 0 Å². The van der Waals surface area contributed by atoms with Crippen LogP contribution < -0.4 is 5.73 Å². The standard InChI is InChI=1S/C13H11N3OS3/c14-6-10-12(16-20-13(10)19-8-11(15)17)18-7-9-4-2-1-3-5-9/h1-5H,7-8H2,(H2,15,17). The van der Waals surface area contributed by atoms with E-state index in [2.05, 4.69) is 10.4 Å². The van der Waals surface area contributed by atoms with Crippen LogP contribution in [0.1, 0.15) is 11.1 Å². The number of primary amides is 1. The molecule has 2 N–H and O–H groups in total. The van der Waals surface area contributed by atoms with E-state index in [1.165, 1.54) is 40.6 Å². The Hall–Kier alpha value is -1.49. The van der Waals surface area contributed by atoms with Crippen LogP contribution >= 0.6 is 35.1 Å². The molecule has 102 valence electrons. The summed E-state index contributed by atoms with van der Waals surface area (Å²) in [6.45, 7) is 0. The summed E-state index contributed by atoms with van der Waals surface area (Å²) in [6, 6.07) is 12.2. The molecule has 0 saturated heterocycles. The van der Waals surface area contributed by atoms with Gasteiger partial charge in [0.1, 0.15) is 20.9 Å². The summed E-state index contributed by atoms with van der Waals surface area (Å²) in [5.41, 5.74) is 6.83. The van der Waals surface area contributed by atoms with E-state index in [0.29, 0.717) is 10.6 Å². The Morgan fingerprint density at radius 3 is 2.75 bits per heavy atom. The fourth-order valence-electron chi connectivity index (χ4n) is 1.41. The molecule has 2 rings (SSSR count). The zero-order valence-electron chi connectivity index (χ0n) is 10.4. The third-order valence-electron chi connectivity index (χ3n) is 2.31. The number of hydrogen-bond donors (Lipinski definition) is 1. The molecule has 0 atom stereocenters. The third kappa shape index (κ3) is 4.00. The van der Waals surface area contributed by atoms with Gasteiger partial charge in [0.05, 0.1) is 5.75 Å². The highest BCUT2D eigenvalue weighted by Gasteiger charge is 2.15. The van der Waals surface area contributed by atoms with Crippen molar-refractivity contribution in [2.75, 3.05) is 5.75 Å². The first-order valence-corrected chi connectivity index (χ1v) is 8.42. The van der Waals surface area contributed by atoms with Gasteiger partial charge in [0, 0.05) is 5.75 Å². The van der Waals surface area contributed by atoms with Gasteiger partial charge in [0.2, 0.25) is 5.91 Å². The van der Waals surface area contributed by atoms with Crippen molar-refractivity contribution in [1.82, 2.24) is 4.37 Å². The Balaban J connectivity index is 2.05. The first kappa shape index (κ1) is 14.9. The van der Waals surface area contributed by atoms with E-state index in [0.717, 1.165) is 9.96 Å². The lowest BCUT2D eigenvalue weighted by Crippen LogP contribution is -2.12. The second-order valence-electron chi connectivity index (χ2n) is 3.79. The molecule has 0 fully saturated rings. The molecule has 0 saturated carbocycles. The number of hydrogen-bond acceptors (Lipinski definition) is 6. The summed E-state index contributed by atoms with van der Waals surface area (Å²) in [6.07, 6.45) is 0. The van der Waals surface area contributed by atoms with Crippen LogP contribution in [0.3, 0.4) is 0 Å². The zero-order chi connectivity index (χ0) is 14.4. The van der Waals surface area contributed by atoms with Crippen molar-refractivity contribution in [3.8, 4) is 6.07 Å². The maximum absolute atomic E-state index is 10.8. The molecule has 0 aliphatic heterocycles. The molecule has 0 spiro atoms. The normalized spacial score (nSPS) is 10.2. The predicted molar refractivity (Wildman–Crippen MR) is 82.8 cm³/mol. The van der Waals surface area contributed by atoms with Gasteiger partial charge in [-0.3, -0.25) is 4.79 Å². The minimum absolute atomic E-state index is 0.166. The largest absolute Gasteiger partial charge is 0.369 e. The van der Waals surface area contributed by atoms with Crippen LogP contribution in [-0.2, 0) is 10.5 Å². The van der Waals surface area contributed by atoms with Gasteiger partial charge in [-0.1, -0.05) is 42.1 Å². The first-order chi connectivity index (χ1) is 9.70. The Morgan fingerprint density at radius 1 is 1.35 bits per heavy atom. The highest BCUT2D eigenvalue weighted by atomic mass is 32.2. The van der Waals surface area contributed by atoms with Gasteiger partial charge in [-0.25, -0.2) is 0 Å². The average molecular weight is 321 g/mol. The van der Waals surface area contributed by atoms with E-state index in [1.807, 2.05) is 30.3 Å². The summed E-state index contributed by atoms with van der Waals surface area (Å²) in [5, 5.41) is 9.94. The van der Waals surface area contributed by atoms with Crippen LogP contribution in [0.15, 0.2) is 39.6 Å². The highest BCUT2D eigenvalue weighted by Crippen LogP contribution is 2.35. The van der Waals surface area contributed by atoms with Crippen molar-refractivity contribution >= 4 is 41.0 Å². The number of rotatable bonds is 6. The second kappa shape index (κ2) is 7.33. The number of aromatic nitrogens is 1. The van der Waals surface area contributed by atoms with Gasteiger partial charge in [-0.15, -0.1) is 11.8 Å². The van der Waals surface area contributed by atoms with Gasteiger partial charge < -0.3 is 5.73 Å². The van der Waals surface area contributed by atoms with Crippen LogP contribution in [0.4, 0.5) is 0 Å². The molecule has 20 heavy (non-hydrogen) atoms. The van der Waals surface area contributed by atoms with Crippen molar-refractivity contribution in [2.45, 2.75) is 15.0 Å². The lowest BCUT2D eigenvalue weighted by Gasteiger charge is -1.99. The molecule has 1 amide bonds. The molecule has 7 heteroatoms. The molecule has 1 aromatic heterocycles. The number of benzene rings is 1. The molecule has 0 aliphatic rings. The number of carbonyl (C=O) groups is 1. The summed E-state index contributed by atoms with van der Waals surface area (Å²) >= 11 is 4.03. The fourth-order valence-corrected chi connectivity index (χ4v) is 4.20. The molecule has 0 bridgehead atoms. The van der Waals surface area contributed by atoms with Gasteiger partial charge >= 0.3 is 0 Å². The third-order valence-corrected chi connectivity index (χ3v) is 5.58. The van der Waals surface area contributed by atoms with E-state index in [4.69, 9.17) is 5.73 Å². The first-order valence-electron chi connectivity index (χ1n) is 5.68. The van der Waals surface area contributed by atoms with E-state index in [9.17, 15) is 10.1 Å². The molecular weight excluding hydrogens is 310 g/mol. The molecule has 4 nitrogen and oxygen atoms in total. The Morgan fingerprint density at radius 2 is 2.10 bits per heavy atom. The van der Waals surface area contributed by atoms with Crippen LogP contribution in [0.2, 0.25) is 0 Å². The lowest BCUT2D eigenvalue weighted by molar-refractivity contribution is -0.115. The summed E-state index contributed by atoms with van der Waals surface area (Å²) in [5.74, 6) is 0.532. The maximum atomic E-state index is 10.8. The van der Waals surface area contributed by atoms with Crippen LogP contribution in [0, 0.1) is 11.3 Å². The van der Waals surface area contributed by atoms with Gasteiger partial charge in [-0.05, 0) is 17.1 Å². The zero-order valence-corrected chi connectivity index (χ0v) is 12.9. The van der Waals surface area contributed by atoms with E-state index < -0.39 is 5.91 Å². The van der Waals surface area contributed by atoms with Crippen molar-refractivity contribution in [3.63, 3.8) is 0 Å². The Bertz CT molecular complexity index is 634. The van der Waals surface area contributed by atoms with Gasteiger partial charge in [0.25, 0.3) is 0 Å². The van der Waals surface area contributed by atoms with Crippen molar-refractivity contribution in [1.29, 1.82) is 5.26 Å². The van der Waals surface area contributed by atoms with E-state index in [1.54, 1.807) is 0 Å². The molecule has 0 unspecified atom stereocenters. The molecule has 2 aromatic rings. The number of amides is 1. The van der Waals surface area contributed by atoms with Crippen molar-refractivity contribution in [3.05, 3.63) is 41.5 Å². The van der Waals surface area contributed by atoms with Crippen LogP contribution in [0.5, 0.6) is 0 Å². The highest BCUT2D eigenvalue weighted by molar-refractivity contribution is 8.02. The quantitative estimate of drug-likeness (QED) is 0.828. The Labute approximate surface area is 129 Å². The lowest BCUT2D eigenvalue weighted by atomic mass is 10.2. The second-order valence-corrected chi connectivity index (χ2v) is 6.77. The smallest absolute Gasteiger partial charge is 0.227 e. The van der Waals surface area contributed by atoms with Crippen molar-refractivity contribution in [2.24, 2.45) is 5.73 Å². The minimum atomic E-state index is -0.397. The number of thioether (sulfide) groups is 2. The van der Waals surface area contributed by atoms with Gasteiger partial charge in [-0.2, -0.15) is 9.64 Å². The molecule has 1 aromatic carbocycles. The number of carbonyl (C=O) groups excluding carboxylic acids is 1. The fraction of sp³-hybridized carbons (Fsp3) is 0.154. The molecule has 1 heterocycles. The van der Waals surface area contributed by atoms with E-state index >= 15 is 0 Å². The molecule has 0 radical (unpaired) electrons. The number of nitriles is 1. The number of nitrogens with zero attached hydrogens (tertiary/aromatic N) is 2. The SMILES string of the molecule is N#Cc1c(SCc2ccccc2)nsc1SCC(N)=O. The van der Waals surface area contributed by atoms with Crippen molar-refractivity contribution < 1.29 is 4.79 Å². The predicted octanol–water partition coefficient (Wildman–Crippen LogP) is 2.88. The summed E-state index contributed by atoms with van der Waals surface area (Å²) in [4.78, 5) is 10.8.